The highest BCUT2D eigenvalue weighted by Gasteiger charge is 2.08. The van der Waals surface area contributed by atoms with E-state index in [2.05, 4.69) is 53.5 Å². The molecule has 2 rings (SSSR count). The molecule has 5 heteroatoms. The Balaban J connectivity index is 2.10. The molecule has 0 saturated carbocycles. The summed E-state index contributed by atoms with van der Waals surface area (Å²) in [6.07, 6.45) is 3.74. The summed E-state index contributed by atoms with van der Waals surface area (Å²) in [5.74, 6) is 1.84. The Morgan fingerprint density at radius 3 is 2.41 bits per heavy atom. The number of hydrogen-bond acceptors (Lipinski definition) is 5. The van der Waals surface area contributed by atoms with Crippen molar-refractivity contribution < 1.29 is 0 Å². The Bertz CT molecular complexity index is 592. The highest BCUT2D eigenvalue weighted by Crippen LogP contribution is 2.26. The zero-order valence-corrected chi connectivity index (χ0v) is 13.6. The van der Waals surface area contributed by atoms with Crippen molar-refractivity contribution in [3.05, 3.63) is 36.2 Å². The van der Waals surface area contributed by atoms with E-state index in [-0.39, 0.29) is 0 Å². The Morgan fingerprint density at radius 1 is 1.09 bits per heavy atom. The van der Waals surface area contributed by atoms with Crippen LogP contribution in [0.15, 0.2) is 30.6 Å². The van der Waals surface area contributed by atoms with Gasteiger partial charge in [-0.15, -0.1) is 0 Å². The van der Waals surface area contributed by atoms with Gasteiger partial charge in [0.15, 0.2) is 11.6 Å². The highest BCUT2D eigenvalue weighted by molar-refractivity contribution is 5.77. The largest absolute Gasteiger partial charge is 0.393 e. The van der Waals surface area contributed by atoms with Crippen LogP contribution in [0.5, 0.6) is 0 Å². The first kappa shape index (κ1) is 16.1. The van der Waals surface area contributed by atoms with Gasteiger partial charge in [-0.25, -0.2) is 9.97 Å². The topological polar surface area (TPSA) is 75.9 Å². The Labute approximate surface area is 132 Å². The van der Waals surface area contributed by atoms with Crippen LogP contribution in [0.4, 0.5) is 23.0 Å². The summed E-state index contributed by atoms with van der Waals surface area (Å²) in [4.78, 5) is 8.44. The molecule has 1 aromatic carbocycles. The first-order chi connectivity index (χ1) is 10.6. The molecule has 118 valence electrons. The monoisotopic (exact) mass is 299 g/mol. The smallest absolute Gasteiger partial charge is 0.159 e. The van der Waals surface area contributed by atoms with Gasteiger partial charge in [0, 0.05) is 12.2 Å². The van der Waals surface area contributed by atoms with E-state index in [1.165, 1.54) is 11.9 Å². The lowest BCUT2D eigenvalue weighted by atomic mass is 10.0. The number of anilines is 4. The quantitative estimate of drug-likeness (QED) is 0.670. The van der Waals surface area contributed by atoms with Gasteiger partial charge in [-0.1, -0.05) is 39.3 Å². The molecule has 0 spiro atoms. The maximum atomic E-state index is 6.14. The van der Waals surface area contributed by atoms with E-state index in [0.717, 1.165) is 25.1 Å². The molecule has 0 aliphatic carbocycles. The molecule has 4 N–H and O–H groups in total. The lowest BCUT2D eigenvalue weighted by Gasteiger charge is -2.13. The van der Waals surface area contributed by atoms with Crippen LogP contribution in [0.25, 0.3) is 0 Å². The molecule has 0 atom stereocenters. The van der Waals surface area contributed by atoms with Crippen molar-refractivity contribution in [1.82, 2.24) is 9.97 Å². The number of unbranched alkanes of at least 4 members (excludes halogenated alkanes) is 1. The van der Waals surface area contributed by atoms with Crippen LogP contribution in [0.3, 0.4) is 0 Å². The third-order valence-electron chi connectivity index (χ3n) is 3.55. The minimum Gasteiger partial charge on any atom is -0.393 e. The van der Waals surface area contributed by atoms with E-state index in [4.69, 9.17) is 5.73 Å². The van der Waals surface area contributed by atoms with Crippen LogP contribution in [-0.4, -0.2) is 16.5 Å². The number of hydrogen-bond donors (Lipinski definition) is 3. The van der Waals surface area contributed by atoms with E-state index in [1.807, 2.05) is 12.1 Å². The summed E-state index contributed by atoms with van der Waals surface area (Å²) in [6, 6.07) is 8.32. The van der Waals surface area contributed by atoms with Gasteiger partial charge in [-0.05, 0) is 30.0 Å². The highest BCUT2D eigenvalue weighted by atomic mass is 15.1. The van der Waals surface area contributed by atoms with Crippen molar-refractivity contribution in [1.29, 1.82) is 0 Å². The molecular formula is C17H25N5. The zero-order valence-electron chi connectivity index (χ0n) is 13.6. The number of nitrogens with zero attached hydrogens (tertiary/aromatic N) is 2. The second kappa shape index (κ2) is 7.64. The summed E-state index contributed by atoms with van der Waals surface area (Å²) >= 11 is 0. The maximum Gasteiger partial charge on any atom is 0.159 e. The van der Waals surface area contributed by atoms with Gasteiger partial charge in [-0.3, -0.25) is 0 Å². The van der Waals surface area contributed by atoms with Gasteiger partial charge in [0.25, 0.3) is 0 Å². The molecular weight excluding hydrogens is 274 g/mol. The third-order valence-corrected chi connectivity index (χ3v) is 3.55. The van der Waals surface area contributed by atoms with Crippen molar-refractivity contribution in [3.8, 4) is 0 Å². The van der Waals surface area contributed by atoms with Gasteiger partial charge in [0.1, 0.15) is 12.0 Å². The molecule has 0 amide bonds. The molecule has 0 fully saturated rings. The fraction of sp³-hybridized carbons (Fsp3) is 0.412. The Hall–Kier alpha value is -2.30. The summed E-state index contributed by atoms with van der Waals surface area (Å²) in [7, 11) is 0. The van der Waals surface area contributed by atoms with E-state index in [1.54, 1.807) is 0 Å². The van der Waals surface area contributed by atoms with E-state index < -0.39 is 0 Å². The van der Waals surface area contributed by atoms with Gasteiger partial charge >= 0.3 is 0 Å². The molecule has 0 aliphatic rings. The number of rotatable bonds is 7. The lowest BCUT2D eigenvalue weighted by molar-refractivity contribution is 0.831. The van der Waals surface area contributed by atoms with Crippen LogP contribution >= 0.6 is 0 Å². The fourth-order valence-corrected chi connectivity index (χ4v) is 2.11. The number of nitrogens with two attached hydrogens (primary N) is 1. The third kappa shape index (κ3) is 4.10. The van der Waals surface area contributed by atoms with Crippen LogP contribution in [-0.2, 0) is 0 Å². The fourth-order valence-electron chi connectivity index (χ4n) is 2.11. The van der Waals surface area contributed by atoms with Crippen LogP contribution in [0, 0.1) is 0 Å². The Morgan fingerprint density at radius 2 is 1.77 bits per heavy atom. The first-order valence-corrected chi connectivity index (χ1v) is 7.83. The lowest BCUT2D eigenvalue weighted by Crippen LogP contribution is -2.09. The molecule has 1 aromatic heterocycles. The Kier molecular flexibility index (Phi) is 5.58. The van der Waals surface area contributed by atoms with Gasteiger partial charge < -0.3 is 16.4 Å². The predicted octanol–water partition coefficient (Wildman–Crippen LogP) is 4.14. The molecule has 5 nitrogen and oxygen atoms in total. The molecule has 1 heterocycles. The SMILES string of the molecule is CCCCNc1ncnc(Nc2ccc(C(C)C)cc2)c1N. The second-order valence-electron chi connectivity index (χ2n) is 5.67. The zero-order chi connectivity index (χ0) is 15.9. The summed E-state index contributed by atoms with van der Waals surface area (Å²) in [5, 5.41) is 6.50. The molecule has 0 bridgehead atoms. The van der Waals surface area contributed by atoms with Crippen LogP contribution in [0.1, 0.15) is 45.1 Å². The average Bonchev–Trinajstić information content (AvgIpc) is 2.51. The van der Waals surface area contributed by atoms with E-state index in [9.17, 15) is 0 Å². The molecule has 22 heavy (non-hydrogen) atoms. The number of nitrogen functional groups attached to an aromatic ring is 1. The number of nitrogens with one attached hydrogen (secondary N) is 2. The van der Waals surface area contributed by atoms with Crippen molar-refractivity contribution in [2.24, 2.45) is 0 Å². The molecule has 0 saturated heterocycles. The van der Waals surface area contributed by atoms with Crippen molar-refractivity contribution in [2.75, 3.05) is 22.9 Å². The van der Waals surface area contributed by atoms with Gasteiger partial charge in [0.05, 0.1) is 0 Å². The number of benzene rings is 1. The average molecular weight is 299 g/mol. The maximum absolute atomic E-state index is 6.14. The van der Waals surface area contributed by atoms with E-state index >= 15 is 0 Å². The summed E-state index contributed by atoms with van der Waals surface area (Å²) < 4.78 is 0. The van der Waals surface area contributed by atoms with Crippen molar-refractivity contribution >= 4 is 23.0 Å². The standard InChI is InChI=1S/C17H25N5/c1-4-5-10-19-16-15(18)17(21-11-20-16)22-14-8-6-13(7-9-14)12(2)3/h6-9,11-12H,4-5,10,18H2,1-3H3,(H2,19,20,21,22). The van der Waals surface area contributed by atoms with Gasteiger partial charge in [-0.2, -0.15) is 0 Å². The minimum atomic E-state index is 0.521. The molecule has 0 aliphatic heterocycles. The molecule has 2 aromatic rings. The van der Waals surface area contributed by atoms with Gasteiger partial charge in [0.2, 0.25) is 0 Å². The summed E-state index contributed by atoms with van der Waals surface area (Å²) in [6.45, 7) is 7.37. The van der Waals surface area contributed by atoms with Crippen molar-refractivity contribution in [2.45, 2.75) is 39.5 Å². The summed E-state index contributed by atoms with van der Waals surface area (Å²) in [5.41, 5.74) is 8.96. The van der Waals surface area contributed by atoms with Crippen LogP contribution in [0.2, 0.25) is 0 Å². The second-order valence-corrected chi connectivity index (χ2v) is 5.67. The van der Waals surface area contributed by atoms with E-state index in [0.29, 0.717) is 23.2 Å². The van der Waals surface area contributed by atoms with Crippen LogP contribution < -0.4 is 16.4 Å². The normalized spacial score (nSPS) is 10.7. The molecule has 0 radical (unpaired) electrons. The molecule has 0 unspecified atom stereocenters. The number of aromatic nitrogens is 2. The first-order valence-electron chi connectivity index (χ1n) is 7.83. The van der Waals surface area contributed by atoms with Crippen molar-refractivity contribution in [3.63, 3.8) is 0 Å². The predicted molar refractivity (Wildman–Crippen MR) is 93.7 cm³/mol. The minimum absolute atomic E-state index is 0.521.